The third kappa shape index (κ3) is 22.8. The van der Waals surface area contributed by atoms with E-state index in [1.54, 1.807) is 48.1 Å². The number of pyridine rings is 4. The SMILES string of the molecule is C#CC#CC#CC.CO.CO.CS(=O)(=O)[O-].[2H]c1c(C([2H])([2H])[2H])cnc(-c2[c-]ccc3c2sc2ccccc23)c1[2H].[2H]c1c(C([2H])([2H])[2H])cnc(-c2cccc3c2sc2ccccc23)c1[2H].[B].[Ir].[Ir].[c-]1ccccc1-c1ccccn1.[c-]1ccccc1-c1ccccn1. The van der Waals surface area contributed by atoms with Crippen LogP contribution in [-0.4, -0.2) is 72.0 Å². The Labute approximate surface area is 539 Å². The zero-order valence-corrected chi connectivity index (χ0v) is 52.1. The maximum absolute atomic E-state index is 9.08. The summed E-state index contributed by atoms with van der Waals surface area (Å²) in [5.41, 5.74) is 5.65. The van der Waals surface area contributed by atoms with E-state index in [1.807, 2.05) is 152 Å². The van der Waals surface area contributed by atoms with Crippen LogP contribution < -0.4 is 0 Å². The fourth-order valence-electron chi connectivity index (χ4n) is 6.98. The Bertz CT molecular complexity index is 4270. The van der Waals surface area contributed by atoms with Crippen LogP contribution in [0.3, 0.4) is 0 Å². The van der Waals surface area contributed by atoms with Crippen LogP contribution in [0.25, 0.3) is 85.4 Å². The molecule has 0 aliphatic heterocycles. The van der Waals surface area contributed by atoms with Crippen molar-refractivity contribution in [3.05, 3.63) is 242 Å². The molecular weight excluding hydrogens is 1440 g/mol. The molecule has 0 bridgehead atoms. The van der Waals surface area contributed by atoms with Gasteiger partial charge in [-0.25, -0.2) is 8.42 Å². The van der Waals surface area contributed by atoms with E-state index in [0.717, 1.165) is 82.6 Å². The summed E-state index contributed by atoms with van der Waals surface area (Å²) in [6, 6.07) is 61.5. The molecule has 15 heteroatoms. The number of benzene rings is 6. The van der Waals surface area contributed by atoms with Crippen molar-refractivity contribution >= 4 is 81.5 Å². The molecule has 5 radical (unpaired) electrons. The topological polar surface area (TPSA) is 149 Å². The summed E-state index contributed by atoms with van der Waals surface area (Å²) < 4.78 is 109. The number of terminal acetylenes is 1. The average Bonchev–Trinajstić information content (AvgIpc) is 1.71. The van der Waals surface area contributed by atoms with Gasteiger partial charge in [0.15, 0.2) is 0 Å². The van der Waals surface area contributed by atoms with Gasteiger partial charge in [-0.1, -0.05) is 108 Å². The molecule has 0 unspecified atom stereocenters. The molecule has 6 aromatic heterocycles. The minimum atomic E-state index is -3.92. The molecule has 0 fully saturated rings. The molecule has 421 valence electrons. The number of fused-ring (bicyclic) bond motifs is 6. The first-order valence-corrected chi connectivity index (χ1v) is 27.2. The van der Waals surface area contributed by atoms with Crippen molar-refractivity contribution < 1.29 is 77.1 Å². The minimum absolute atomic E-state index is 0. The summed E-state index contributed by atoms with van der Waals surface area (Å²) in [4.78, 5) is 16.9. The zero-order valence-electron chi connectivity index (χ0n) is 54.9. The number of aryl methyl sites for hydroxylation is 2. The molecule has 0 aliphatic carbocycles. The maximum Gasteiger partial charge on any atom is 0.0916 e. The second-order valence-corrected chi connectivity index (χ2v) is 19.0. The van der Waals surface area contributed by atoms with Crippen molar-refractivity contribution in [1.29, 1.82) is 0 Å². The molecule has 0 spiro atoms. The van der Waals surface area contributed by atoms with Crippen LogP contribution >= 0.6 is 22.7 Å². The number of nitrogens with zero attached hydrogens (tertiary/aromatic N) is 4. The number of hydrogen-bond donors (Lipinski definition) is 2. The predicted octanol–water partition coefficient (Wildman–Crippen LogP) is 14.4. The molecule has 83 heavy (non-hydrogen) atoms. The molecule has 9 nitrogen and oxygen atoms in total. The molecule has 12 aromatic rings. The fourth-order valence-corrected chi connectivity index (χ4v) is 9.40. The van der Waals surface area contributed by atoms with Crippen LogP contribution in [0.15, 0.2) is 213 Å². The van der Waals surface area contributed by atoms with Gasteiger partial charge in [-0.2, -0.15) is 11.3 Å². The van der Waals surface area contributed by atoms with Crippen LogP contribution in [0.2, 0.25) is 0 Å². The van der Waals surface area contributed by atoms with Gasteiger partial charge in [0, 0.05) is 133 Å². The first kappa shape index (κ1) is 55.8. The van der Waals surface area contributed by atoms with E-state index in [0.29, 0.717) is 17.5 Å². The number of aromatic nitrogens is 4. The van der Waals surface area contributed by atoms with Crippen molar-refractivity contribution in [2.45, 2.75) is 20.6 Å². The summed E-state index contributed by atoms with van der Waals surface area (Å²) in [5, 5.41) is 18.4. The van der Waals surface area contributed by atoms with Gasteiger partial charge in [0.2, 0.25) is 0 Å². The Balaban J connectivity index is 0.000000402. The standard InChI is InChI=1S/C18H13NS.C18H12NS.2C11H8N.C7H4.CH4O3S.2CH4O.B.2Ir/c2*1-12-9-10-16(19-11-12)15-7-4-6-14-13-5-2-3-8-17(13)20-18(14)15;2*1-2-6-10(7-3-1)11-8-4-5-9-12-11;1-3-5-7-6-4-2;1-5(2,3)4;2*1-2;;;/h2-11H,1H3;2-6,8-11H,1H3;2*1-6,8-9H;1H,2H3;1H3,(H,2,3,4);2*2H,1H3;;;/q;3*-1;;;;;;;/p-1/i2*1D3,9D,10D;;;;;;;;;. The monoisotopic (exact) mass is 1510 g/mol. The normalized spacial score (nSPS) is 11.4. The Morgan fingerprint density at radius 1 is 0.542 bits per heavy atom. The molecule has 0 saturated carbocycles. The first-order valence-electron chi connectivity index (χ1n) is 28.7. The summed E-state index contributed by atoms with van der Waals surface area (Å²) in [6.07, 6.45) is 11.3. The van der Waals surface area contributed by atoms with Gasteiger partial charge < -0.3 is 29.7 Å². The van der Waals surface area contributed by atoms with Gasteiger partial charge in [-0.05, 0) is 113 Å². The van der Waals surface area contributed by atoms with E-state index in [-0.39, 0.29) is 89.6 Å². The van der Waals surface area contributed by atoms with Crippen LogP contribution in [0, 0.1) is 67.9 Å². The van der Waals surface area contributed by atoms with E-state index in [9.17, 15) is 0 Å². The van der Waals surface area contributed by atoms with Crippen LogP contribution in [0.1, 0.15) is 31.8 Å². The number of thiophene rings is 2. The van der Waals surface area contributed by atoms with Crippen LogP contribution in [-0.2, 0) is 50.3 Å². The summed E-state index contributed by atoms with van der Waals surface area (Å²) in [6.45, 7) is -3.18. The van der Waals surface area contributed by atoms with E-state index in [1.165, 1.54) is 12.4 Å². The van der Waals surface area contributed by atoms with Crippen molar-refractivity contribution in [1.82, 2.24) is 19.9 Å². The van der Waals surface area contributed by atoms with Crippen molar-refractivity contribution in [3.8, 4) is 81.1 Å². The van der Waals surface area contributed by atoms with Crippen molar-refractivity contribution in [2.24, 2.45) is 0 Å². The number of hydrogen-bond acceptors (Lipinski definition) is 11. The maximum atomic E-state index is 9.08. The van der Waals surface area contributed by atoms with Gasteiger partial charge in [-0.3, -0.25) is 4.98 Å². The Morgan fingerprint density at radius 2 is 1.01 bits per heavy atom. The fraction of sp³-hybridized carbons (Fsp3) is 0.0882. The first-order chi connectivity index (χ1) is 43.1. The third-order valence-corrected chi connectivity index (χ3v) is 12.6. The van der Waals surface area contributed by atoms with Gasteiger partial charge in [0.25, 0.3) is 0 Å². The van der Waals surface area contributed by atoms with Gasteiger partial charge in [-0.15, -0.1) is 113 Å². The Kier molecular flexibility index (Phi) is 26.1. The number of aliphatic hydroxyl groups excluding tert-OH is 2. The second-order valence-electron chi connectivity index (χ2n) is 15.5. The largest absolute Gasteiger partial charge is 0.748 e. The second kappa shape index (κ2) is 38.8. The third-order valence-electron chi connectivity index (χ3n) is 10.1. The molecule has 6 heterocycles. The number of aliphatic hydroxyl groups is 2. The van der Waals surface area contributed by atoms with Crippen molar-refractivity contribution in [3.63, 3.8) is 0 Å². The molecule has 6 aromatic carbocycles. The molecule has 0 saturated heterocycles. The average molecular weight is 1510 g/mol. The Hall–Kier alpha value is -7.77. The summed E-state index contributed by atoms with van der Waals surface area (Å²) in [5.74, 6) is 12.0. The molecule has 0 atom stereocenters. The summed E-state index contributed by atoms with van der Waals surface area (Å²) >= 11 is 3.19. The molecule has 2 N–H and O–H groups in total. The van der Waals surface area contributed by atoms with E-state index in [2.05, 4.69) is 73.8 Å². The number of rotatable bonds is 4. The molecule has 12 rings (SSSR count). The van der Waals surface area contributed by atoms with E-state index in [4.69, 9.17) is 43.3 Å². The Morgan fingerprint density at radius 3 is 1.49 bits per heavy atom. The molecular formula is C68H56BIr2N4O5S3-4. The quantitative estimate of drug-likeness (QED) is 0.0760. The molecule has 0 amide bonds. The smallest absolute Gasteiger partial charge is 0.0916 e. The van der Waals surface area contributed by atoms with Crippen LogP contribution in [0.4, 0.5) is 0 Å². The van der Waals surface area contributed by atoms with Crippen molar-refractivity contribution in [2.75, 3.05) is 20.5 Å². The van der Waals surface area contributed by atoms with E-state index < -0.39 is 23.8 Å². The van der Waals surface area contributed by atoms with Crippen LogP contribution in [0.5, 0.6) is 0 Å². The van der Waals surface area contributed by atoms with E-state index >= 15 is 0 Å². The zero-order chi connectivity index (χ0) is 66.0. The molecule has 0 aliphatic rings. The predicted molar refractivity (Wildman–Crippen MR) is 338 cm³/mol. The van der Waals surface area contributed by atoms with Gasteiger partial charge >= 0.3 is 0 Å². The summed E-state index contributed by atoms with van der Waals surface area (Å²) in [7, 11) is -1.92. The van der Waals surface area contributed by atoms with Gasteiger partial charge in [0.05, 0.1) is 21.3 Å². The minimum Gasteiger partial charge on any atom is -0.748 e. The van der Waals surface area contributed by atoms with Gasteiger partial charge in [0.1, 0.15) is 0 Å².